The summed E-state index contributed by atoms with van der Waals surface area (Å²) in [6, 6.07) is 18.3. The molecule has 0 radical (unpaired) electrons. The summed E-state index contributed by atoms with van der Waals surface area (Å²) in [6.45, 7) is 9.77. The minimum atomic E-state index is 0.522. The number of aryl methyl sites for hydroxylation is 2. The molecule has 0 aromatic heterocycles. The van der Waals surface area contributed by atoms with Crippen molar-refractivity contribution < 1.29 is 0 Å². The summed E-state index contributed by atoms with van der Waals surface area (Å²) in [5, 5.41) is 3.60. The van der Waals surface area contributed by atoms with E-state index in [9.17, 15) is 0 Å². The maximum atomic E-state index is 3.60. The van der Waals surface area contributed by atoms with E-state index < -0.39 is 0 Å². The van der Waals surface area contributed by atoms with Crippen LogP contribution in [0, 0.1) is 13.8 Å². The van der Waals surface area contributed by atoms with Gasteiger partial charge in [-0.2, -0.15) is 0 Å². The first-order valence-electron chi connectivity index (χ1n) is 7.90. The van der Waals surface area contributed by atoms with Crippen LogP contribution in [0.5, 0.6) is 0 Å². The summed E-state index contributed by atoms with van der Waals surface area (Å²) in [5.41, 5.74) is 5.54. The van der Waals surface area contributed by atoms with Crippen LogP contribution in [-0.2, 0) is 6.42 Å². The van der Waals surface area contributed by atoms with Gasteiger partial charge in [-0.05, 0) is 31.4 Å². The van der Waals surface area contributed by atoms with Crippen LogP contribution in [0.1, 0.15) is 42.0 Å². The van der Waals surface area contributed by atoms with Crippen LogP contribution in [0.15, 0.2) is 48.5 Å². The lowest BCUT2D eigenvalue weighted by atomic mass is 9.90. The van der Waals surface area contributed by atoms with Crippen molar-refractivity contribution in [1.82, 2.24) is 5.32 Å². The molecule has 0 aliphatic heterocycles. The highest BCUT2D eigenvalue weighted by molar-refractivity contribution is 5.29. The molecular weight excluding hydrogens is 254 g/mol. The molecule has 1 nitrogen and oxygen atoms in total. The fourth-order valence-electron chi connectivity index (χ4n) is 2.73. The minimum Gasteiger partial charge on any atom is -0.314 e. The lowest BCUT2D eigenvalue weighted by Crippen LogP contribution is -2.29. The molecular formula is C20H27N. The van der Waals surface area contributed by atoms with E-state index in [1.54, 1.807) is 0 Å². The first-order valence-corrected chi connectivity index (χ1v) is 7.90. The van der Waals surface area contributed by atoms with Crippen molar-refractivity contribution in [1.29, 1.82) is 0 Å². The molecule has 0 amide bonds. The van der Waals surface area contributed by atoms with Gasteiger partial charge in [0, 0.05) is 18.5 Å². The lowest BCUT2D eigenvalue weighted by Gasteiger charge is -2.20. The zero-order valence-corrected chi connectivity index (χ0v) is 13.7. The standard InChI is InChI=1S/C20H27N/c1-15(2)21-14-20(19-10-6-8-17(4)12-19)13-18-9-5-7-16(3)11-18/h5-12,15,20-21H,13-14H2,1-4H3. The first kappa shape index (κ1) is 15.8. The maximum absolute atomic E-state index is 3.60. The largest absolute Gasteiger partial charge is 0.314 e. The SMILES string of the molecule is Cc1cccc(CC(CNC(C)C)c2cccc(C)c2)c1. The molecule has 2 aromatic carbocycles. The molecule has 0 heterocycles. The molecule has 1 heteroatoms. The maximum Gasteiger partial charge on any atom is 0.00257 e. The van der Waals surface area contributed by atoms with E-state index in [1.807, 2.05) is 0 Å². The van der Waals surface area contributed by atoms with Crippen LogP contribution in [0.3, 0.4) is 0 Å². The second-order valence-electron chi connectivity index (χ2n) is 6.37. The van der Waals surface area contributed by atoms with Gasteiger partial charge in [-0.3, -0.25) is 0 Å². The molecule has 112 valence electrons. The Bertz CT molecular complexity index is 572. The smallest absolute Gasteiger partial charge is 0.00257 e. The Kier molecular flexibility index (Phi) is 5.58. The quantitative estimate of drug-likeness (QED) is 0.814. The van der Waals surface area contributed by atoms with E-state index in [2.05, 4.69) is 81.5 Å². The summed E-state index contributed by atoms with van der Waals surface area (Å²) < 4.78 is 0. The Hall–Kier alpha value is -1.60. The second-order valence-corrected chi connectivity index (χ2v) is 6.37. The van der Waals surface area contributed by atoms with Crippen LogP contribution in [-0.4, -0.2) is 12.6 Å². The van der Waals surface area contributed by atoms with Crippen LogP contribution in [0.2, 0.25) is 0 Å². The molecule has 0 spiro atoms. The Labute approximate surface area is 129 Å². The third kappa shape index (κ3) is 5.02. The topological polar surface area (TPSA) is 12.0 Å². The highest BCUT2D eigenvalue weighted by atomic mass is 14.9. The molecule has 1 N–H and O–H groups in total. The monoisotopic (exact) mass is 281 g/mol. The highest BCUT2D eigenvalue weighted by Crippen LogP contribution is 2.22. The van der Waals surface area contributed by atoms with E-state index in [4.69, 9.17) is 0 Å². The average Bonchev–Trinajstić information content (AvgIpc) is 2.43. The van der Waals surface area contributed by atoms with Crippen molar-refractivity contribution in [2.24, 2.45) is 0 Å². The van der Waals surface area contributed by atoms with Gasteiger partial charge in [0.05, 0.1) is 0 Å². The Morgan fingerprint density at radius 2 is 1.57 bits per heavy atom. The van der Waals surface area contributed by atoms with E-state index in [0.29, 0.717) is 12.0 Å². The molecule has 0 aliphatic carbocycles. The highest BCUT2D eigenvalue weighted by Gasteiger charge is 2.13. The number of hydrogen-bond donors (Lipinski definition) is 1. The molecule has 21 heavy (non-hydrogen) atoms. The summed E-state index contributed by atoms with van der Waals surface area (Å²) in [7, 11) is 0. The molecule has 1 atom stereocenters. The fraction of sp³-hybridized carbons (Fsp3) is 0.400. The molecule has 0 saturated heterocycles. The number of rotatable bonds is 6. The zero-order valence-electron chi connectivity index (χ0n) is 13.7. The molecule has 0 bridgehead atoms. The molecule has 0 aliphatic rings. The van der Waals surface area contributed by atoms with E-state index >= 15 is 0 Å². The van der Waals surface area contributed by atoms with Crippen LogP contribution >= 0.6 is 0 Å². The third-order valence-electron chi connectivity index (χ3n) is 3.85. The summed E-state index contributed by atoms with van der Waals surface area (Å²) >= 11 is 0. The van der Waals surface area contributed by atoms with Crippen molar-refractivity contribution in [2.45, 2.75) is 46.1 Å². The first-order chi connectivity index (χ1) is 10.0. The van der Waals surface area contributed by atoms with Gasteiger partial charge in [0.2, 0.25) is 0 Å². The number of benzene rings is 2. The van der Waals surface area contributed by atoms with Gasteiger partial charge in [-0.15, -0.1) is 0 Å². The van der Waals surface area contributed by atoms with E-state index in [-0.39, 0.29) is 0 Å². The van der Waals surface area contributed by atoms with Gasteiger partial charge in [0.25, 0.3) is 0 Å². The number of hydrogen-bond acceptors (Lipinski definition) is 1. The fourth-order valence-corrected chi connectivity index (χ4v) is 2.73. The molecule has 0 saturated carbocycles. The third-order valence-corrected chi connectivity index (χ3v) is 3.85. The zero-order chi connectivity index (χ0) is 15.2. The van der Waals surface area contributed by atoms with Crippen LogP contribution < -0.4 is 5.32 Å². The molecule has 0 fully saturated rings. The lowest BCUT2D eigenvalue weighted by molar-refractivity contribution is 0.526. The van der Waals surface area contributed by atoms with Gasteiger partial charge >= 0.3 is 0 Å². The van der Waals surface area contributed by atoms with Gasteiger partial charge in [0.15, 0.2) is 0 Å². The van der Waals surface area contributed by atoms with Gasteiger partial charge in [-0.1, -0.05) is 73.5 Å². The summed E-state index contributed by atoms with van der Waals surface area (Å²) in [6.07, 6.45) is 1.09. The van der Waals surface area contributed by atoms with Gasteiger partial charge in [-0.25, -0.2) is 0 Å². The predicted octanol–water partition coefficient (Wildman–Crippen LogP) is 4.63. The van der Waals surface area contributed by atoms with Crippen molar-refractivity contribution in [3.63, 3.8) is 0 Å². The van der Waals surface area contributed by atoms with E-state index in [1.165, 1.54) is 22.3 Å². The normalized spacial score (nSPS) is 12.6. The van der Waals surface area contributed by atoms with Crippen molar-refractivity contribution >= 4 is 0 Å². The Morgan fingerprint density at radius 3 is 2.19 bits per heavy atom. The van der Waals surface area contributed by atoms with Crippen LogP contribution in [0.25, 0.3) is 0 Å². The van der Waals surface area contributed by atoms with Crippen molar-refractivity contribution in [3.8, 4) is 0 Å². The van der Waals surface area contributed by atoms with Crippen molar-refractivity contribution in [2.75, 3.05) is 6.54 Å². The molecule has 1 unspecified atom stereocenters. The van der Waals surface area contributed by atoms with Gasteiger partial charge in [0.1, 0.15) is 0 Å². The Balaban J connectivity index is 2.19. The van der Waals surface area contributed by atoms with Gasteiger partial charge < -0.3 is 5.32 Å². The van der Waals surface area contributed by atoms with E-state index in [0.717, 1.165) is 13.0 Å². The second kappa shape index (κ2) is 7.42. The minimum absolute atomic E-state index is 0.522. The predicted molar refractivity (Wildman–Crippen MR) is 91.9 cm³/mol. The Morgan fingerprint density at radius 1 is 0.905 bits per heavy atom. The van der Waals surface area contributed by atoms with Crippen molar-refractivity contribution in [3.05, 3.63) is 70.8 Å². The molecule has 2 rings (SSSR count). The summed E-state index contributed by atoms with van der Waals surface area (Å²) in [5.74, 6) is 0.522. The van der Waals surface area contributed by atoms with Crippen LogP contribution in [0.4, 0.5) is 0 Å². The average molecular weight is 281 g/mol. The molecule has 2 aromatic rings. The summed E-state index contributed by atoms with van der Waals surface area (Å²) in [4.78, 5) is 0. The number of nitrogens with one attached hydrogen (secondary N) is 1.